The van der Waals surface area contributed by atoms with Gasteiger partial charge in [-0.05, 0) is 35.4 Å². The Hall–Kier alpha value is -3.06. The van der Waals surface area contributed by atoms with Crippen LogP contribution in [0.1, 0.15) is 16.1 Å². The van der Waals surface area contributed by atoms with Crippen LogP contribution in [0.4, 0.5) is 0 Å². The lowest BCUT2D eigenvalue weighted by Crippen LogP contribution is -1.94. The van der Waals surface area contributed by atoms with Crippen LogP contribution in [0.15, 0.2) is 48.5 Å². The number of carbonyl (C=O) groups is 1. The predicted molar refractivity (Wildman–Crippen MR) is 75.4 cm³/mol. The Labute approximate surface area is 114 Å². The lowest BCUT2D eigenvalue weighted by atomic mass is 10.0. The summed E-state index contributed by atoms with van der Waals surface area (Å²) >= 11 is 0. The van der Waals surface area contributed by atoms with E-state index in [-0.39, 0.29) is 5.69 Å². The number of nitrogens with zero attached hydrogens (tertiary/aromatic N) is 1. The Bertz CT molecular complexity index is 839. The number of aromatic nitrogens is 1. The molecule has 0 fully saturated rings. The fraction of sp³-hybridized carbons (Fsp3) is 0. The summed E-state index contributed by atoms with van der Waals surface area (Å²) < 4.78 is 0. The third kappa shape index (κ3) is 2.02. The maximum absolute atomic E-state index is 10.9. The van der Waals surface area contributed by atoms with Crippen LogP contribution in [0.5, 0.6) is 0 Å². The number of hydrogen-bond acceptors (Lipinski definition) is 2. The summed E-state index contributed by atoms with van der Waals surface area (Å²) in [6.45, 7) is 0. The highest BCUT2D eigenvalue weighted by Gasteiger charge is 2.08. The first-order valence-electron chi connectivity index (χ1n) is 6.04. The van der Waals surface area contributed by atoms with Crippen LogP contribution in [0.3, 0.4) is 0 Å². The summed E-state index contributed by atoms with van der Waals surface area (Å²) in [5, 5.41) is 18.6. The van der Waals surface area contributed by atoms with Crippen molar-refractivity contribution in [3.8, 4) is 17.2 Å². The zero-order valence-electron chi connectivity index (χ0n) is 10.4. The molecule has 3 aromatic rings. The maximum Gasteiger partial charge on any atom is 0.352 e. The first-order valence-corrected chi connectivity index (χ1v) is 6.04. The number of H-pyrrole nitrogens is 1. The second kappa shape index (κ2) is 4.56. The highest BCUT2D eigenvalue weighted by molar-refractivity contribution is 5.95. The highest BCUT2D eigenvalue weighted by atomic mass is 16.4. The molecule has 0 aliphatic carbocycles. The van der Waals surface area contributed by atoms with E-state index in [4.69, 9.17) is 10.4 Å². The van der Waals surface area contributed by atoms with Gasteiger partial charge in [0, 0.05) is 10.9 Å². The number of rotatable bonds is 2. The van der Waals surface area contributed by atoms with Crippen molar-refractivity contribution in [2.75, 3.05) is 0 Å². The molecule has 0 bridgehead atoms. The van der Waals surface area contributed by atoms with Gasteiger partial charge in [0.25, 0.3) is 0 Å². The van der Waals surface area contributed by atoms with Gasteiger partial charge in [-0.15, -0.1) is 0 Å². The Kier molecular flexibility index (Phi) is 2.73. The molecular weight excluding hydrogens is 252 g/mol. The Balaban J connectivity index is 2.07. The number of nitrogens with one attached hydrogen (secondary N) is 1. The minimum atomic E-state index is -0.971. The topological polar surface area (TPSA) is 76.9 Å². The van der Waals surface area contributed by atoms with Crippen molar-refractivity contribution in [1.82, 2.24) is 4.98 Å². The van der Waals surface area contributed by atoms with Crippen molar-refractivity contribution < 1.29 is 9.90 Å². The first kappa shape index (κ1) is 12.0. The van der Waals surface area contributed by atoms with Gasteiger partial charge in [-0.2, -0.15) is 5.26 Å². The molecule has 0 spiro atoms. The lowest BCUT2D eigenvalue weighted by molar-refractivity contribution is 0.0691. The van der Waals surface area contributed by atoms with Crippen molar-refractivity contribution in [2.45, 2.75) is 0 Å². The van der Waals surface area contributed by atoms with E-state index in [1.165, 1.54) is 0 Å². The molecule has 96 valence electrons. The van der Waals surface area contributed by atoms with Gasteiger partial charge < -0.3 is 10.1 Å². The monoisotopic (exact) mass is 262 g/mol. The molecule has 0 aliphatic rings. The van der Waals surface area contributed by atoms with E-state index in [1.807, 2.05) is 30.3 Å². The lowest BCUT2D eigenvalue weighted by Gasteiger charge is -2.02. The third-order valence-electron chi connectivity index (χ3n) is 3.20. The van der Waals surface area contributed by atoms with E-state index in [0.29, 0.717) is 5.56 Å². The normalized spacial score (nSPS) is 10.3. The van der Waals surface area contributed by atoms with Crippen LogP contribution in [0.2, 0.25) is 0 Å². The largest absolute Gasteiger partial charge is 0.477 e. The average Bonchev–Trinajstić information content (AvgIpc) is 2.90. The van der Waals surface area contributed by atoms with E-state index < -0.39 is 5.97 Å². The summed E-state index contributed by atoms with van der Waals surface area (Å²) in [5.74, 6) is -0.971. The van der Waals surface area contributed by atoms with Gasteiger partial charge in [-0.1, -0.05) is 24.3 Å². The smallest absolute Gasteiger partial charge is 0.352 e. The molecule has 3 rings (SSSR count). The summed E-state index contributed by atoms with van der Waals surface area (Å²) in [4.78, 5) is 13.8. The molecule has 0 amide bonds. The molecule has 2 aromatic carbocycles. The molecule has 0 atom stereocenters. The van der Waals surface area contributed by atoms with Crippen LogP contribution in [0.25, 0.3) is 22.0 Å². The summed E-state index contributed by atoms with van der Waals surface area (Å²) in [5.41, 5.74) is 3.53. The summed E-state index contributed by atoms with van der Waals surface area (Å²) in [7, 11) is 0. The zero-order valence-corrected chi connectivity index (χ0v) is 10.4. The molecule has 0 saturated carbocycles. The molecule has 0 saturated heterocycles. The first-order chi connectivity index (χ1) is 9.67. The SMILES string of the molecule is N#Cc1ccc(-c2ccc3cc(C(=O)O)[nH]c3c2)cc1. The van der Waals surface area contributed by atoms with Crippen LogP contribution >= 0.6 is 0 Å². The number of benzene rings is 2. The maximum atomic E-state index is 10.9. The van der Waals surface area contributed by atoms with Gasteiger partial charge in [-0.25, -0.2) is 4.79 Å². The van der Waals surface area contributed by atoms with Gasteiger partial charge in [0.05, 0.1) is 11.6 Å². The van der Waals surface area contributed by atoms with Crippen LogP contribution in [-0.2, 0) is 0 Å². The van der Waals surface area contributed by atoms with Gasteiger partial charge in [0.2, 0.25) is 0 Å². The summed E-state index contributed by atoms with van der Waals surface area (Å²) in [6.07, 6.45) is 0. The van der Waals surface area contributed by atoms with Crippen LogP contribution in [0, 0.1) is 11.3 Å². The molecule has 2 N–H and O–H groups in total. The number of carboxylic acid groups (broad SMARTS) is 1. The van der Waals surface area contributed by atoms with Crippen molar-refractivity contribution >= 4 is 16.9 Å². The van der Waals surface area contributed by atoms with E-state index in [0.717, 1.165) is 22.0 Å². The fourth-order valence-corrected chi connectivity index (χ4v) is 2.16. The minimum absolute atomic E-state index is 0.178. The standard InChI is InChI=1S/C16H10N2O2/c17-9-10-1-3-11(4-2-10)12-5-6-13-8-15(16(19)20)18-14(13)7-12/h1-8,18H,(H,19,20). The van der Waals surface area contributed by atoms with Crippen LogP contribution in [-0.4, -0.2) is 16.1 Å². The molecule has 0 aliphatic heterocycles. The van der Waals surface area contributed by atoms with E-state index in [1.54, 1.807) is 18.2 Å². The van der Waals surface area contributed by atoms with E-state index in [9.17, 15) is 4.79 Å². The Morgan fingerprint density at radius 3 is 2.40 bits per heavy atom. The number of carboxylic acids is 1. The highest BCUT2D eigenvalue weighted by Crippen LogP contribution is 2.25. The molecular formula is C16H10N2O2. The fourth-order valence-electron chi connectivity index (χ4n) is 2.16. The second-order valence-electron chi connectivity index (χ2n) is 4.48. The van der Waals surface area contributed by atoms with Gasteiger partial charge in [-0.3, -0.25) is 0 Å². The van der Waals surface area contributed by atoms with E-state index >= 15 is 0 Å². The average molecular weight is 262 g/mol. The van der Waals surface area contributed by atoms with Crippen molar-refractivity contribution in [3.05, 3.63) is 59.8 Å². The van der Waals surface area contributed by atoms with Gasteiger partial charge in [0.15, 0.2) is 0 Å². The summed E-state index contributed by atoms with van der Waals surface area (Å²) in [6, 6.07) is 16.7. The number of fused-ring (bicyclic) bond motifs is 1. The van der Waals surface area contributed by atoms with Gasteiger partial charge in [0.1, 0.15) is 5.69 Å². The van der Waals surface area contributed by atoms with Crippen molar-refractivity contribution in [2.24, 2.45) is 0 Å². The number of hydrogen-bond donors (Lipinski definition) is 2. The third-order valence-corrected chi connectivity index (χ3v) is 3.20. The van der Waals surface area contributed by atoms with E-state index in [2.05, 4.69) is 11.1 Å². The van der Waals surface area contributed by atoms with Gasteiger partial charge >= 0.3 is 5.97 Å². The molecule has 4 heteroatoms. The van der Waals surface area contributed by atoms with Crippen molar-refractivity contribution in [3.63, 3.8) is 0 Å². The Morgan fingerprint density at radius 2 is 1.75 bits per heavy atom. The van der Waals surface area contributed by atoms with Crippen LogP contribution < -0.4 is 0 Å². The molecule has 1 aromatic heterocycles. The number of nitriles is 1. The second-order valence-corrected chi connectivity index (χ2v) is 4.48. The molecule has 4 nitrogen and oxygen atoms in total. The molecule has 0 unspecified atom stereocenters. The molecule has 1 heterocycles. The van der Waals surface area contributed by atoms with Crippen molar-refractivity contribution in [1.29, 1.82) is 5.26 Å². The molecule has 20 heavy (non-hydrogen) atoms. The molecule has 0 radical (unpaired) electrons. The zero-order chi connectivity index (χ0) is 14.1. The predicted octanol–water partition coefficient (Wildman–Crippen LogP) is 3.40. The number of aromatic carboxylic acids is 1. The Morgan fingerprint density at radius 1 is 1.05 bits per heavy atom. The quantitative estimate of drug-likeness (QED) is 0.743. The number of aromatic amines is 1. The minimum Gasteiger partial charge on any atom is -0.477 e.